The summed E-state index contributed by atoms with van der Waals surface area (Å²) in [5.74, 6) is 1.44. The number of Topliss-reactive ketones (excluding diaryl/α,β-unsaturated/α-hetero) is 1. The maximum Gasteiger partial charge on any atom is 0.159 e. The van der Waals surface area contributed by atoms with Gasteiger partial charge in [-0.05, 0) is 43.3 Å². The fraction of sp³-hybridized carbons (Fsp3) is 0.263. The van der Waals surface area contributed by atoms with Crippen molar-refractivity contribution in [2.24, 2.45) is 0 Å². The molecule has 0 atom stereocenters. The van der Waals surface area contributed by atoms with Crippen molar-refractivity contribution in [3.8, 4) is 17.6 Å². The molecule has 0 amide bonds. The number of ether oxygens (including phenoxy) is 2. The molecule has 0 bridgehead atoms. The van der Waals surface area contributed by atoms with Crippen LogP contribution < -0.4 is 14.4 Å². The minimum Gasteiger partial charge on any atom is -0.497 e. The van der Waals surface area contributed by atoms with E-state index in [4.69, 9.17) is 9.47 Å². The average molecular weight is 324 g/mol. The molecule has 0 radical (unpaired) electrons. The molecule has 24 heavy (non-hydrogen) atoms. The number of anilines is 1. The van der Waals surface area contributed by atoms with E-state index in [1.54, 1.807) is 32.4 Å². The van der Waals surface area contributed by atoms with Crippen molar-refractivity contribution in [3.05, 3.63) is 53.1 Å². The van der Waals surface area contributed by atoms with Crippen LogP contribution in [0.25, 0.3) is 0 Å². The van der Waals surface area contributed by atoms with Crippen LogP contribution in [0, 0.1) is 11.3 Å². The first kappa shape index (κ1) is 17.4. The van der Waals surface area contributed by atoms with Gasteiger partial charge in [0.1, 0.15) is 17.6 Å². The summed E-state index contributed by atoms with van der Waals surface area (Å²) in [4.78, 5) is 13.5. The first-order chi connectivity index (χ1) is 11.5. The smallest absolute Gasteiger partial charge is 0.159 e. The normalized spacial score (nSPS) is 9.96. The Hall–Kier alpha value is -3.00. The molecule has 0 fully saturated rings. The molecular formula is C19H20N2O3. The van der Waals surface area contributed by atoms with Crippen LogP contribution in [0.1, 0.15) is 28.4 Å². The molecule has 0 N–H and O–H groups in total. The van der Waals surface area contributed by atoms with Crippen LogP contribution >= 0.6 is 0 Å². The van der Waals surface area contributed by atoms with Crippen molar-refractivity contribution < 1.29 is 14.3 Å². The molecule has 0 saturated carbocycles. The quantitative estimate of drug-likeness (QED) is 0.762. The van der Waals surface area contributed by atoms with E-state index in [1.165, 1.54) is 6.92 Å². The summed E-state index contributed by atoms with van der Waals surface area (Å²) in [6.07, 6.45) is 0. The predicted octanol–water partition coefficient (Wildman–Crippen LogP) is 3.41. The van der Waals surface area contributed by atoms with Gasteiger partial charge in [-0.25, -0.2) is 0 Å². The standard InChI is InChI=1S/C19H20N2O3/c1-13(22)14-5-6-15(11-20)18(10-14)21(2)12-16-9-17(23-3)7-8-19(16)24-4/h5-10H,12H2,1-4H3. The van der Waals surface area contributed by atoms with Crippen molar-refractivity contribution >= 4 is 11.5 Å². The fourth-order valence-electron chi connectivity index (χ4n) is 2.51. The van der Waals surface area contributed by atoms with Crippen LogP contribution in [0.2, 0.25) is 0 Å². The minimum atomic E-state index is -0.0342. The minimum absolute atomic E-state index is 0.0342. The SMILES string of the molecule is COc1ccc(OC)c(CN(C)c2cc(C(C)=O)ccc2C#N)c1. The van der Waals surface area contributed by atoms with E-state index in [0.29, 0.717) is 23.4 Å². The van der Waals surface area contributed by atoms with Crippen LogP contribution in [0.5, 0.6) is 11.5 Å². The monoisotopic (exact) mass is 324 g/mol. The Bertz CT molecular complexity index is 794. The van der Waals surface area contributed by atoms with Gasteiger partial charge in [-0.2, -0.15) is 5.26 Å². The molecular weight excluding hydrogens is 304 g/mol. The van der Waals surface area contributed by atoms with Gasteiger partial charge < -0.3 is 14.4 Å². The zero-order valence-corrected chi connectivity index (χ0v) is 14.3. The van der Waals surface area contributed by atoms with Gasteiger partial charge in [-0.3, -0.25) is 4.79 Å². The van der Waals surface area contributed by atoms with E-state index in [9.17, 15) is 10.1 Å². The molecule has 0 aliphatic carbocycles. The number of ketones is 1. The Kier molecular flexibility index (Phi) is 5.43. The summed E-state index contributed by atoms with van der Waals surface area (Å²) in [7, 11) is 5.10. The van der Waals surface area contributed by atoms with Gasteiger partial charge in [0.25, 0.3) is 0 Å². The predicted molar refractivity (Wildman–Crippen MR) is 92.8 cm³/mol. The number of carbonyl (C=O) groups is 1. The maximum atomic E-state index is 11.6. The van der Waals surface area contributed by atoms with E-state index in [-0.39, 0.29) is 5.78 Å². The van der Waals surface area contributed by atoms with Gasteiger partial charge in [0.15, 0.2) is 5.78 Å². The Morgan fingerprint density at radius 3 is 2.50 bits per heavy atom. The molecule has 124 valence electrons. The van der Waals surface area contributed by atoms with Crippen molar-refractivity contribution in [2.75, 3.05) is 26.2 Å². The van der Waals surface area contributed by atoms with Crippen LogP contribution in [-0.2, 0) is 6.54 Å². The van der Waals surface area contributed by atoms with E-state index >= 15 is 0 Å². The van der Waals surface area contributed by atoms with Crippen LogP contribution in [0.3, 0.4) is 0 Å². The lowest BCUT2D eigenvalue weighted by Crippen LogP contribution is -2.18. The number of methoxy groups -OCH3 is 2. The third-order valence-electron chi connectivity index (χ3n) is 3.83. The number of hydrogen-bond acceptors (Lipinski definition) is 5. The molecule has 0 spiro atoms. The number of carbonyl (C=O) groups excluding carboxylic acids is 1. The molecule has 0 aliphatic heterocycles. The lowest BCUT2D eigenvalue weighted by molar-refractivity contribution is 0.101. The van der Waals surface area contributed by atoms with Crippen LogP contribution in [0.15, 0.2) is 36.4 Å². The lowest BCUT2D eigenvalue weighted by atomic mass is 10.1. The molecule has 2 rings (SSSR count). The molecule has 0 aromatic heterocycles. The second-order valence-electron chi connectivity index (χ2n) is 5.43. The number of nitrogens with zero attached hydrogens (tertiary/aromatic N) is 2. The van der Waals surface area contributed by atoms with Crippen molar-refractivity contribution in [1.29, 1.82) is 5.26 Å². The van der Waals surface area contributed by atoms with Crippen molar-refractivity contribution in [3.63, 3.8) is 0 Å². The summed E-state index contributed by atoms with van der Waals surface area (Å²) >= 11 is 0. The Morgan fingerprint density at radius 1 is 1.17 bits per heavy atom. The second kappa shape index (κ2) is 7.51. The third kappa shape index (κ3) is 3.66. The molecule has 2 aromatic rings. The first-order valence-electron chi connectivity index (χ1n) is 7.47. The maximum absolute atomic E-state index is 11.6. The van der Waals surface area contributed by atoms with E-state index in [2.05, 4.69) is 6.07 Å². The van der Waals surface area contributed by atoms with E-state index in [0.717, 1.165) is 17.1 Å². The first-order valence-corrected chi connectivity index (χ1v) is 7.47. The summed E-state index contributed by atoms with van der Waals surface area (Å²) in [6.45, 7) is 2.02. The number of hydrogen-bond donors (Lipinski definition) is 0. The van der Waals surface area contributed by atoms with Gasteiger partial charge in [-0.1, -0.05) is 0 Å². The molecule has 5 nitrogen and oxygen atoms in total. The Labute approximate surface area is 142 Å². The summed E-state index contributed by atoms with van der Waals surface area (Å²) in [5.41, 5.74) is 2.73. The van der Waals surface area contributed by atoms with E-state index < -0.39 is 0 Å². The number of benzene rings is 2. The van der Waals surface area contributed by atoms with Gasteiger partial charge >= 0.3 is 0 Å². The lowest BCUT2D eigenvalue weighted by Gasteiger charge is -2.22. The molecule has 0 aliphatic rings. The number of rotatable bonds is 6. The molecule has 5 heteroatoms. The second-order valence-corrected chi connectivity index (χ2v) is 5.43. The zero-order chi connectivity index (χ0) is 17.7. The van der Waals surface area contributed by atoms with Crippen molar-refractivity contribution in [1.82, 2.24) is 0 Å². The summed E-state index contributed by atoms with van der Waals surface area (Å²) < 4.78 is 10.7. The Morgan fingerprint density at radius 2 is 1.92 bits per heavy atom. The zero-order valence-electron chi connectivity index (χ0n) is 14.3. The van der Waals surface area contributed by atoms with Gasteiger partial charge in [0.2, 0.25) is 0 Å². The van der Waals surface area contributed by atoms with E-state index in [1.807, 2.05) is 30.1 Å². The van der Waals surface area contributed by atoms with Crippen LogP contribution in [0.4, 0.5) is 5.69 Å². The van der Waals surface area contributed by atoms with Gasteiger partial charge in [0, 0.05) is 24.7 Å². The highest BCUT2D eigenvalue weighted by Gasteiger charge is 2.13. The number of nitriles is 1. The van der Waals surface area contributed by atoms with Gasteiger partial charge in [-0.15, -0.1) is 0 Å². The molecule has 2 aromatic carbocycles. The largest absolute Gasteiger partial charge is 0.497 e. The Balaban J connectivity index is 2.39. The highest BCUT2D eigenvalue weighted by molar-refractivity contribution is 5.95. The molecule has 0 unspecified atom stereocenters. The fourth-order valence-corrected chi connectivity index (χ4v) is 2.51. The highest BCUT2D eigenvalue weighted by atomic mass is 16.5. The summed E-state index contributed by atoms with van der Waals surface area (Å²) in [5, 5.41) is 9.34. The molecule has 0 heterocycles. The van der Waals surface area contributed by atoms with Gasteiger partial charge in [0.05, 0.1) is 25.5 Å². The topological polar surface area (TPSA) is 62.6 Å². The molecule has 0 saturated heterocycles. The summed E-state index contributed by atoms with van der Waals surface area (Å²) in [6, 6.07) is 12.8. The third-order valence-corrected chi connectivity index (χ3v) is 3.83. The highest BCUT2D eigenvalue weighted by Crippen LogP contribution is 2.28. The average Bonchev–Trinajstić information content (AvgIpc) is 2.60. The van der Waals surface area contributed by atoms with Crippen molar-refractivity contribution in [2.45, 2.75) is 13.5 Å². The van der Waals surface area contributed by atoms with Crippen LogP contribution in [-0.4, -0.2) is 27.1 Å².